The minimum Gasteiger partial charge on any atom is -0.507 e. The van der Waals surface area contributed by atoms with Gasteiger partial charge in [0.1, 0.15) is 17.2 Å². The van der Waals surface area contributed by atoms with Crippen LogP contribution in [-0.4, -0.2) is 14.9 Å². The molecule has 0 saturated heterocycles. The summed E-state index contributed by atoms with van der Waals surface area (Å²) >= 11 is 0. The van der Waals surface area contributed by atoms with Gasteiger partial charge in [-0.2, -0.15) is 5.10 Å². The number of nitrogens with zero attached hydrogens (tertiary/aromatic N) is 2. The number of para-hydroxylation sites is 1. The second kappa shape index (κ2) is 12.6. The van der Waals surface area contributed by atoms with Gasteiger partial charge >= 0.3 is 0 Å². The first-order chi connectivity index (χ1) is 25.2. The standard InChI is InChI=1S/C48H44N2O2/c1-30(2)41-16-10-17-42(31(3)4)46(41)37-21-38(50-44-18-8-7-13-36(44)29-49-50)24-40(23-37)52-39-15-9-14-32(22-39)47-43-28-48(27-35(43)19-20-45(47)51)25-33-11-5-6-12-34(33)26-48/h5-24,29-31,51H,25-28H2,1-4H3. The number of aromatic hydroxyl groups is 1. The maximum atomic E-state index is 11.4. The number of hydrogen-bond acceptors (Lipinski definition) is 3. The third-order valence-electron chi connectivity index (χ3n) is 11.4. The Hall–Kier alpha value is -5.61. The molecule has 1 N–H and O–H groups in total. The first kappa shape index (κ1) is 32.3. The molecule has 0 aliphatic heterocycles. The molecule has 258 valence electrons. The van der Waals surface area contributed by atoms with Gasteiger partial charge in [0.2, 0.25) is 0 Å². The fraction of sp³-hybridized carbons (Fsp3) is 0.229. The Morgan fingerprint density at radius 3 is 2.04 bits per heavy atom. The highest BCUT2D eigenvalue weighted by Crippen LogP contribution is 2.51. The van der Waals surface area contributed by atoms with Crippen LogP contribution in [0.4, 0.5) is 0 Å². The molecular formula is C48H44N2O2. The van der Waals surface area contributed by atoms with Crippen molar-refractivity contribution in [2.24, 2.45) is 5.41 Å². The SMILES string of the molecule is CC(C)c1cccc(C(C)C)c1-c1cc(Oc2cccc(-c3c(O)ccc4c3CC3(Cc5ccccc5C3)C4)c2)cc(-n2ncc3ccccc32)c1. The maximum absolute atomic E-state index is 11.4. The van der Waals surface area contributed by atoms with Gasteiger partial charge in [-0.05, 0) is 129 Å². The highest BCUT2D eigenvalue weighted by Gasteiger charge is 2.43. The first-order valence-corrected chi connectivity index (χ1v) is 18.7. The summed E-state index contributed by atoms with van der Waals surface area (Å²) in [6.45, 7) is 9.05. The number of benzene rings is 6. The van der Waals surface area contributed by atoms with Gasteiger partial charge in [0.15, 0.2) is 0 Å². The van der Waals surface area contributed by atoms with E-state index in [9.17, 15) is 5.11 Å². The van der Waals surface area contributed by atoms with Crippen LogP contribution in [0.3, 0.4) is 0 Å². The van der Waals surface area contributed by atoms with Gasteiger partial charge in [0.05, 0.1) is 17.4 Å². The third-order valence-corrected chi connectivity index (χ3v) is 11.4. The van der Waals surface area contributed by atoms with Crippen LogP contribution in [0.15, 0.2) is 128 Å². The minimum absolute atomic E-state index is 0.178. The molecule has 0 unspecified atom stereocenters. The van der Waals surface area contributed by atoms with Crippen molar-refractivity contribution >= 4 is 10.9 Å². The van der Waals surface area contributed by atoms with Crippen molar-refractivity contribution in [3.05, 3.63) is 161 Å². The summed E-state index contributed by atoms with van der Waals surface area (Å²) in [6.07, 6.45) is 6.09. The number of phenolic OH excluding ortho intramolecular Hbond substituents is 1. The number of phenols is 1. The highest BCUT2D eigenvalue weighted by molar-refractivity contribution is 5.82. The van der Waals surface area contributed by atoms with E-state index >= 15 is 0 Å². The van der Waals surface area contributed by atoms with Gasteiger partial charge in [-0.1, -0.05) is 107 Å². The molecule has 4 heteroatoms. The summed E-state index contributed by atoms with van der Waals surface area (Å²) in [7, 11) is 0. The molecule has 4 nitrogen and oxygen atoms in total. The van der Waals surface area contributed by atoms with Crippen LogP contribution in [0.25, 0.3) is 38.8 Å². The molecule has 0 bridgehead atoms. The van der Waals surface area contributed by atoms with Crippen LogP contribution < -0.4 is 4.74 Å². The van der Waals surface area contributed by atoms with E-state index in [0.29, 0.717) is 17.6 Å². The highest BCUT2D eigenvalue weighted by atomic mass is 16.5. The predicted octanol–water partition coefficient (Wildman–Crippen LogP) is 12.0. The molecule has 2 aliphatic carbocycles. The zero-order valence-corrected chi connectivity index (χ0v) is 30.4. The first-order valence-electron chi connectivity index (χ1n) is 18.7. The van der Waals surface area contributed by atoms with Gasteiger partial charge in [-0.3, -0.25) is 0 Å². The van der Waals surface area contributed by atoms with Crippen LogP contribution in [0.5, 0.6) is 17.2 Å². The molecule has 0 saturated carbocycles. The van der Waals surface area contributed by atoms with Crippen molar-refractivity contribution in [3.63, 3.8) is 0 Å². The van der Waals surface area contributed by atoms with Crippen LogP contribution in [0, 0.1) is 5.41 Å². The lowest BCUT2D eigenvalue weighted by atomic mass is 9.81. The number of rotatable bonds is 7. The molecule has 1 aromatic heterocycles. The molecule has 0 radical (unpaired) electrons. The molecule has 6 aromatic carbocycles. The zero-order valence-electron chi connectivity index (χ0n) is 30.4. The van der Waals surface area contributed by atoms with Crippen molar-refractivity contribution in [1.82, 2.24) is 9.78 Å². The third kappa shape index (κ3) is 5.58. The fourth-order valence-corrected chi connectivity index (χ4v) is 9.05. The Morgan fingerprint density at radius 1 is 0.615 bits per heavy atom. The summed E-state index contributed by atoms with van der Waals surface area (Å²) in [5.74, 6) is 2.49. The molecule has 7 aromatic rings. The number of hydrogen-bond donors (Lipinski definition) is 1. The van der Waals surface area contributed by atoms with E-state index in [1.54, 1.807) is 0 Å². The molecule has 0 atom stereocenters. The van der Waals surface area contributed by atoms with E-state index in [4.69, 9.17) is 9.84 Å². The molecule has 0 amide bonds. The van der Waals surface area contributed by atoms with Gasteiger partial charge in [0.25, 0.3) is 0 Å². The lowest BCUT2D eigenvalue weighted by molar-refractivity contribution is 0.326. The minimum atomic E-state index is 0.178. The number of aromatic nitrogens is 2. The summed E-state index contributed by atoms with van der Waals surface area (Å²) in [4.78, 5) is 0. The predicted molar refractivity (Wildman–Crippen MR) is 212 cm³/mol. The monoisotopic (exact) mass is 680 g/mol. The smallest absolute Gasteiger partial charge is 0.130 e. The van der Waals surface area contributed by atoms with Crippen molar-refractivity contribution in [3.8, 4) is 45.2 Å². The Balaban J connectivity index is 1.13. The Kier molecular flexibility index (Phi) is 7.80. The summed E-state index contributed by atoms with van der Waals surface area (Å²) in [6, 6.07) is 42.7. The maximum Gasteiger partial charge on any atom is 0.130 e. The lowest BCUT2D eigenvalue weighted by Crippen LogP contribution is -2.21. The van der Waals surface area contributed by atoms with Crippen LogP contribution in [0.1, 0.15) is 72.9 Å². The Labute approximate surface area is 306 Å². The average Bonchev–Trinajstić information content (AvgIpc) is 3.84. The largest absolute Gasteiger partial charge is 0.507 e. The average molecular weight is 681 g/mol. The Morgan fingerprint density at radius 2 is 1.29 bits per heavy atom. The van der Waals surface area contributed by atoms with Gasteiger partial charge in [-0.25, -0.2) is 4.68 Å². The Bertz CT molecular complexity index is 2430. The van der Waals surface area contributed by atoms with E-state index in [2.05, 4.69) is 125 Å². The quantitative estimate of drug-likeness (QED) is 0.182. The summed E-state index contributed by atoms with van der Waals surface area (Å²) in [5, 5.41) is 17.3. The molecule has 1 spiro atoms. The van der Waals surface area contributed by atoms with Crippen LogP contribution >= 0.6 is 0 Å². The molecule has 2 aliphatic rings. The molecule has 52 heavy (non-hydrogen) atoms. The van der Waals surface area contributed by atoms with E-state index in [0.717, 1.165) is 70.5 Å². The van der Waals surface area contributed by atoms with Crippen LogP contribution in [-0.2, 0) is 25.7 Å². The summed E-state index contributed by atoms with van der Waals surface area (Å²) < 4.78 is 8.84. The van der Waals surface area contributed by atoms with Crippen molar-refractivity contribution in [1.29, 1.82) is 0 Å². The van der Waals surface area contributed by atoms with E-state index in [-0.39, 0.29) is 5.41 Å². The number of ether oxygens (including phenoxy) is 1. The van der Waals surface area contributed by atoms with Crippen molar-refractivity contribution in [2.45, 2.75) is 65.2 Å². The molecule has 0 fully saturated rings. The lowest BCUT2D eigenvalue weighted by Gasteiger charge is -2.22. The van der Waals surface area contributed by atoms with E-state index in [1.165, 1.54) is 38.9 Å². The van der Waals surface area contributed by atoms with E-state index in [1.807, 2.05) is 35.1 Å². The van der Waals surface area contributed by atoms with Gasteiger partial charge in [0, 0.05) is 17.0 Å². The second-order valence-corrected chi connectivity index (χ2v) is 15.7. The van der Waals surface area contributed by atoms with E-state index < -0.39 is 0 Å². The summed E-state index contributed by atoms with van der Waals surface area (Å²) in [5.41, 5.74) is 14.6. The zero-order chi connectivity index (χ0) is 35.6. The molecule has 1 heterocycles. The van der Waals surface area contributed by atoms with Crippen molar-refractivity contribution in [2.75, 3.05) is 0 Å². The normalized spacial score (nSPS) is 14.4. The van der Waals surface area contributed by atoms with Crippen molar-refractivity contribution < 1.29 is 9.84 Å². The van der Waals surface area contributed by atoms with Gasteiger partial charge < -0.3 is 9.84 Å². The number of fused-ring (bicyclic) bond motifs is 3. The fourth-order valence-electron chi connectivity index (χ4n) is 9.05. The second-order valence-electron chi connectivity index (χ2n) is 15.7. The topological polar surface area (TPSA) is 47.3 Å². The molecule has 9 rings (SSSR count). The van der Waals surface area contributed by atoms with Crippen LogP contribution in [0.2, 0.25) is 0 Å². The molecular weight excluding hydrogens is 637 g/mol. The van der Waals surface area contributed by atoms with Gasteiger partial charge in [-0.15, -0.1) is 0 Å².